The third-order valence-electron chi connectivity index (χ3n) is 3.97. The first-order chi connectivity index (χ1) is 13.3. The Hall–Kier alpha value is -3.06. The molecule has 0 atom stereocenters. The minimum Gasteiger partial charge on any atom is -0.497 e. The van der Waals surface area contributed by atoms with E-state index < -0.39 is 5.91 Å². The molecule has 0 bridgehead atoms. The summed E-state index contributed by atoms with van der Waals surface area (Å²) in [5.74, 6) is 0.224. The number of benzene rings is 2. The van der Waals surface area contributed by atoms with E-state index in [1.165, 1.54) is 18.3 Å². The van der Waals surface area contributed by atoms with Crippen LogP contribution in [0.15, 0.2) is 41.5 Å². The predicted molar refractivity (Wildman–Crippen MR) is 109 cm³/mol. The number of ether oxygens (including phenoxy) is 2. The topological polar surface area (TPSA) is 94.2 Å². The van der Waals surface area contributed by atoms with Crippen LogP contribution in [0.2, 0.25) is 5.02 Å². The molecule has 2 aromatic rings. The second-order valence-electron chi connectivity index (χ2n) is 5.96. The molecule has 0 fully saturated rings. The number of rotatable bonds is 8. The summed E-state index contributed by atoms with van der Waals surface area (Å²) in [4.78, 5) is 23.7. The number of primary amides is 1. The first-order valence-corrected chi connectivity index (χ1v) is 8.87. The summed E-state index contributed by atoms with van der Waals surface area (Å²) >= 11 is 6.19. The summed E-state index contributed by atoms with van der Waals surface area (Å²) in [6.45, 7) is 1.86. The van der Waals surface area contributed by atoms with Crippen molar-refractivity contribution in [2.45, 2.75) is 19.8 Å². The molecule has 8 heteroatoms. The number of hydrogen-bond donors (Lipinski definition) is 1. The fourth-order valence-corrected chi connectivity index (χ4v) is 2.54. The molecule has 2 amide bonds. The lowest BCUT2D eigenvalue weighted by Crippen LogP contribution is -2.27. The maximum Gasteiger partial charge on any atom is 0.247 e. The van der Waals surface area contributed by atoms with Gasteiger partial charge in [0.2, 0.25) is 11.8 Å². The minimum atomic E-state index is -0.559. The van der Waals surface area contributed by atoms with E-state index >= 15 is 0 Å². The smallest absolute Gasteiger partial charge is 0.247 e. The molecule has 0 saturated carbocycles. The van der Waals surface area contributed by atoms with Crippen molar-refractivity contribution in [2.75, 3.05) is 19.2 Å². The van der Waals surface area contributed by atoms with E-state index in [0.717, 1.165) is 5.56 Å². The van der Waals surface area contributed by atoms with E-state index in [2.05, 4.69) is 5.10 Å². The number of hydrazone groups is 1. The van der Waals surface area contributed by atoms with Gasteiger partial charge in [-0.3, -0.25) is 9.59 Å². The molecule has 0 heterocycles. The number of nitrogens with zero attached hydrogens (tertiary/aromatic N) is 2. The Morgan fingerprint density at radius 3 is 2.50 bits per heavy atom. The van der Waals surface area contributed by atoms with Gasteiger partial charge in [-0.25, -0.2) is 5.01 Å². The van der Waals surface area contributed by atoms with Crippen LogP contribution < -0.4 is 20.2 Å². The highest BCUT2D eigenvalue weighted by Crippen LogP contribution is 2.26. The monoisotopic (exact) mass is 403 g/mol. The van der Waals surface area contributed by atoms with Crippen molar-refractivity contribution in [3.8, 4) is 11.5 Å². The number of nitrogens with two attached hydrogens (primary N) is 1. The quantitative estimate of drug-likeness (QED) is 0.540. The van der Waals surface area contributed by atoms with Gasteiger partial charge in [0, 0.05) is 29.5 Å². The molecule has 0 spiro atoms. The molecule has 0 aliphatic rings. The number of amides is 2. The molecule has 0 radical (unpaired) electrons. The lowest BCUT2D eigenvalue weighted by Gasteiger charge is -2.18. The van der Waals surface area contributed by atoms with Gasteiger partial charge in [-0.2, -0.15) is 5.10 Å². The largest absolute Gasteiger partial charge is 0.497 e. The van der Waals surface area contributed by atoms with E-state index in [-0.39, 0.29) is 18.7 Å². The molecule has 28 heavy (non-hydrogen) atoms. The number of carbonyl (C=O) groups is 2. The predicted octanol–water partition coefficient (Wildman–Crippen LogP) is 3.30. The molecule has 2 rings (SSSR count). The van der Waals surface area contributed by atoms with Crippen LogP contribution in [0.1, 0.15) is 24.0 Å². The van der Waals surface area contributed by atoms with Crippen molar-refractivity contribution in [1.29, 1.82) is 0 Å². The van der Waals surface area contributed by atoms with Gasteiger partial charge >= 0.3 is 0 Å². The van der Waals surface area contributed by atoms with Crippen LogP contribution in [-0.2, 0) is 9.59 Å². The van der Waals surface area contributed by atoms with Gasteiger partial charge in [-0.1, -0.05) is 17.7 Å². The van der Waals surface area contributed by atoms with Gasteiger partial charge in [0.25, 0.3) is 0 Å². The number of aryl methyl sites for hydroxylation is 1. The summed E-state index contributed by atoms with van der Waals surface area (Å²) in [7, 11) is 3.09. The highest BCUT2D eigenvalue weighted by Gasteiger charge is 2.17. The zero-order chi connectivity index (χ0) is 20.7. The van der Waals surface area contributed by atoms with Gasteiger partial charge in [0.15, 0.2) is 0 Å². The van der Waals surface area contributed by atoms with Gasteiger partial charge in [0.1, 0.15) is 11.5 Å². The molecule has 2 N–H and O–H groups in total. The Morgan fingerprint density at radius 1 is 1.14 bits per heavy atom. The summed E-state index contributed by atoms with van der Waals surface area (Å²) in [5, 5.41) is 6.00. The van der Waals surface area contributed by atoms with Crippen LogP contribution in [0.3, 0.4) is 0 Å². The van der Waals surface area contributed by atoms with Crippen LogP contribution >= 0.6 is 11.6 Å². The summed E-state index contributed by atoms with van der Waals surface area (Å²) in [6.07, 6.45) is 1.35. The third kappa shape index (κ3) is 5.47. The molecule has 0 aromatic heterocycles. The molecule has 2 aromatic carbocycles. The number of halogens is 1. The fourth-order valence-electron chi connectivity index (χ4n) is 2.37. The third-order valence-corrected chi connectivity index (χ3v) is 4.38. The van der Waals surface area contributed by atoms with Crippen molar-refractivity contribution in [2.24, 2.45) is 10.8 Å². The van der Waals surface area contributed by atoms with Gasteiger partial charge in [-0.05, 0) is 36.8 Å². The molecule has 0 unspecified atom stereocenters. The van der Waals surface area contributed by atoms with Crippen molar-refractivity contribution < 1.29 is 19.1 Å². The van der Waals surface area contributed by atoms with E-state index in [4.69, 9.17) is 26.8 Å². The molecular weight excluding hydrogens is 382 g/mol. The number of methoxy groups -OCH3 is 2. The van der Waals surface area contributed by atoms with Crippen molar-refractivity contribution >= 4 is 35.3 Å². The Balaban J connectivity index is 2.38. The lowest BCUT2D eigenvalue weighted by atomic mass is 10.2. The Bertz CT molecular complexity index is 899. The summed E-state index contributed by atoms with van der Waals surface area (Å²) < 4.78 is 10.5. The van der Waals surface area contributed by atoms with Gasteiger partial charge in [-0.15, -0.1) is 0 Å². The van der Waals surface area contributed by atoms with E-state index in [0.29, 0.717) is 27.8 Å². The maximum atomic E-state index is 12.6. The molecule has 0 aliphatic carbocycles. The van der Waals surface area contributed by atoms with Crippen molar-refractivity contribution in [3.05, 3.63) is 52.5 Å². The highest BCUT2D eigenvalue weighted by atomic mass is 35.5. The van der Waals surface area contributed by atoms with E-state index in [1.807, 2.05) is 6.92 Å². The highest BCUT2D eigenvalue weighted by molar-refractivity contribution is 6.31. The summed E-state index contributed by atoms with van der Waals surface area (Å²) in [6, 6.07) is 10.4. The average Bonchev–Trinajstić information content (AvgIpc) is 2.69. The van der Waals surface area contributed by atoms with Crippen molar-refractivity contribution in [1.82, 2.24) is 0 Å². The SMILES string of the molecule is COc1ccc(C=NN(C(=O)CCC(N)=O)c2ccc(C)c(Cl)c2)c(OC)c1. The summed E-state index contributed by atoms with van der Waals surface area (Å²) in [5.41, 5.74) is 7.16. The van der Waals surface area contributed by atoms with Crippen LogP contribution in [0.4, 0.5) is 5.69 Å². The van der Waals surface area contributed by atoms with Gasteiger partial charge < -0.3 is 15.2 Å². The van der Waals surface area contributed by atoms with Crippen LogP contribution in [0.25, 0.3) is 0 Å². The van der Waals surface area contributed by atoms with Crippen LogP contribution in [-0.4, -0.2) is 32.2 Å². The molecule has 0 aliphatic heterocycles. The second kappa shape index (κ2) is 9.75. The average molecular weight is 404 g/mol. The lowest BCUT2D eigenvalue weighted by molar-refractivity contribution is -0.123. The molecule has 0 saturated heterocycles. The zero-order valence-corrected chi connectivity index (χ0v) is 16.7. The first-order valence-electron chi connectivity index (χ1n) is 8.49. The number of anilines is 1. The second-order valence-corrected chi connectivity index (χ2v) is 6.36. The van der Waals surface area contributed by atoms with E-state index in [9.17, 15) is 9.59 Å². The fraction of sp³-hybridized carbons (Fsp3) is 0.250. The standard InChI is InChI=1S/C20H22ClN3O4/c1-13-4-6-15(10-17(13)21)24(20(26)9-8-19(22)25)23-12-14-5-7-16(27-2)11-18(14)28-3/h4-7,10-12H,8-9H2,1-3H3,(H2,22,25). The first kappa shape index (κ1) is 21.2. The zero-order valence-electron chi connectivity index (χ0n) is 15.9. The minimum absolute atomic E-state index is 0.0715. The normalized spacial score (nSPS) is 10.7. The Kier molecular flexibility index (Phi) is 7.40. The Labute approximate surface area is 168 Å². The Morgan fingerprint density at radius 2 is 1.89 bits per heavy atom. The number of carbonyl (C=O) groups excluding carboxylic acids is 2. The van der Waals surface area contributed by atoms with Crippen LogP contribution in [0, 0.1) is 6.92 Å². The molecular formula is C20H22ClN3O4. The maximum absolute atomic E-state index is 12.6. The number of hydrogen-bond acceptors (Lipinski definition) is 5. The molecule has 148 valence electrons. The van der Waals surface area contributed by atoms with Crippen LogP contribution in [0.5, 0.6) is 11.5 Å². The van der Waals surface area contributed by atoms with E-state index in [1.54, 1.807) is 43.5 Å². The van der Waals surface area contributed by atoms with Crippen molar-refractivity contribution in [3.63, 3.8) is 0 Å². The molecule has 7 nitrogen and oxygen atoms in total. The van der Waals surface area contributed by atoms with Gasteiger partial charge in [0.05, 0.1) is 26.1 Å².